The Bertz CT molecular complexity index is 1320. The molecule has 4 aromatic rings. The second-order valence-corrected chi connectivity index (χ2v) is 7.26. The maximum Gasteiger partial charge on any atom is 0.320 e. The molecule has 2 aromatic heterocycles. The second-order valence-electron chi connectivity index (χ2n) is 7.26. The molecule has 0 saturated carbocycles. The minimum absolute atomic E-state index is 0.0953. The van der Waals surface area contributed by atoms with E-state index in [0.717, 1.165) is 22.3 Å². The van der Waals surface area contributed by atoms with Crippen molar-refractivity contribution in [3.05, 3.63) is 101 Å². The number of nitriles is 1. The summed E-state index contributed by atoms with van der Waals surface area (Å²) in [4.78, 5) is 23.8. The highest BCUT2D eigenvalue weighted by atomic mass is 16.5. The van der Waals surface area contributed by atoms with Gasteiger partial charge in [0.25, 0.3) is 0 Å². The van der Waals surface area contributed by atoms with E-state index in [-0.39, 0.29) is 30.7 Å². The van der Waals surface area contributed by atoms with Gasteiger partial charge >= 0.3 is 6.01 Å². The number of aromatic nitrogens is 3. The third kappa shape index (κ3) is 5.20. The number of benzene rings is 2. The average molecular weight is 436 g/mol. The van der Waals surface area contributed by atoms with Gasteiger partial charge in [-0.05, 0) is 35.2 Å². The molecule has 0 unspecified atom stereocenters. The van der Waals surface area contributed by atoms with Crippen LogP contribution in [-0.2, 0) is 13.2 Å². The zero-order chi connectivity index (χ0) is 23.0. The summed E-state index contributed by atoms with van der Waals surface area (Å²) in [6.07, 6.45) is 5.03. The van der Waals surface area contributed by atoms with E-state index in [2.05, 4.69) is 40.1 Å². The zero-order valence-corrected chi connectivity index (χ0v) is 17.9. The highest BCUT2D eigenvalue weighted by Crippen LogP contribution is 2.26. The van der Waals surface area contributed by atoms with Gasteiger partial charge in [0.15, 0.2) is 6.29 Å². The Hall–Kier alpha value is -4.57. The van der Waals surface area contributed by atoms with E-state index < -0.39 is 0 Å². The highest BCUT2D eigenvalue weighted by molar-refractivity contribution is 5.77. The van der Waals surface area contributed by atoms with Gasteiger partial charge in [0.2, 0.25) is 5.88 Å². The minimum atomic E-state index is 0.0953. The third-order valence-electron chi connectivity index (χ3n) is 5.07. The molecule has 4 rings (SSSR count). The molecule has 0 fully saturated rings. The van der Waals surface area contributed by atoms with Crippen LogP contribution < -0.4 is 9.47 Å². The van der Waals surface area contributed by atoms with E-state index in [0.29, 0.717) is 17.4 Å². The number of hydrogen-bond donors (Lipinski definition) is 0. The van der Waals surface area contributed by atoms with Gasteiger partial charge < -0.3 is 9.47 Å². The minimum Gasteiger partial charge on any atom is -0.472 e. The van der Waals surface area contributed by atoms with Gasteiger partial charge in [-0.3, -0.25) is 9.78 Å². The summed E-state index contributed by atoms with van der Waals surface area (Å²) in [5.41, 5.74) is 5.68. The van der Waals surface area contributed by atoms with Gasteiger partial charge in [-0.2, -0.15) is 10.2 Å². The van der Waals surface area contributed by atoms with E-state index in [1.165, 1.54) is 12.4 Å². The van der Waals surface area contributed by atoms with Crippen LogP contribution in [-0.4, -0.2) is 21.2 Å². The Morgan fingerprint density at radius 2 is 1.85 bits per heavy atom. The molecule has 162 valence electrons. The van der Waals surface area contributed by atoms with E-state index in [1.807, 2.05) is 36.4 Å². The second kappa shape index (κ2) is 10.2. The normalized spacial score (nSPS) is 10.3. The zero-order valence-electron chi connectivity index (χ0n) is 17.9. The summed E-state index contributed by atoms with van der Waals surface area (Å²) >= 11 is 0. The summed E-state index contributed by atoms with van der Waals surface area (Å²) in [5.74, 6) is 0.104. The molecular formula is C26H20N4O3. The Morgan fingerprint density at radius 3 is 2.64 bits per heavy atom. The quantitative estimate of drug-likeness (QED) is 0.370. The predicted molar refractivity (Wildman–Crippen MR) is 122 cm³/mol. The van der Waals surface area contributed by atoms with E-state index >= 15 is 0 Å². The Kier molecular flexibility index (Phi) is 6.67. The van der Waals surface area contributed by atoms with E-state index in [9.17, 15) is 4.79 Å². The Labute approximate surface area is 191 Å². The molecule has 0 aliphatic heterocycles. The lowest BCUT2D eigenvalue weighted by Gasteiger charge is -2.13. The molecule has 0 aliphatic rings. The van der Waals surface area contributed by atoms with E-state index in [1.54, 1.807) is 12.3 Å². The molecule has 0 saturated heterocycles. The molecule has 0 N–H and O–H groups in total. The lowest BCUT2D eigenvalue weighted by atomic mass is 9.97. The molecule has 0 amide bonds. The molecule has 0 radical (unpaired) electrons. The number of pyridine rings is 1. The van der Waals surface area contributed by atoms with Crippen molar-refractivity contribution in [3.63, 3.8) is 0 Å². The summed E-state index contributed by atoms with van der Waals surface area (Å²) in [6, 6.07) is 20.0. The monoisotopic (exact) mass is 436 g/mol. The van der Waals surface area contributed by atoms with Crippen LogP contribution in [0.5, 0.6) is 11.9 Å². The number of aldehydes is 1. The van der Waals surface area contributed by atoms with Crippen molar-refractivity contribution >= 4 is 6.29 Å². The molecule has 0 atom stereocenters. The first kappa shape index (κ1) is 21.7. The van der Waals surface area contributed by atoms with Crippen molar-refractivity contribution in [2.24, 2.45) is 0 Å². The van der Waals surface area contributed by atoms with Gasteiger partial charge in [0.05, 0.1) is 11.1 Å². The maximum absolute atomic E-state index is 11.4. The molecule has 7 heteroatoms. The first-order chi connectivity index (χ1) is 16.2. The SMILES string of the molecule is Cc1c(COc2ncc(C=O)c(OCc3cncc(C#N)c3)n2)cccc1-c1ccccc1. The standard InChI is InChI=1S/C26H20N4O3/c1-18-22(8-5-9-24(18)21-6-3-2-4-7-21)17-33-26-29-14-23(15-31)25(30-26)32-16-20-10-19(11-27)12-28-13-20/h2-10,12-15H,16-17H2,1H3. The lowest BCUT2D eigenvalue weighted by Crippen LogP contribution is -2.06. The summed E-state index contributed by atoms with van der Waals surface area (Å²) in [5, 5.41) is 9.01. The first-order valence-corrected chi connectivity index (χ1v) is 10.2. The van der Waals surface area contributed by atoms with Crippen LogP contribution in [0.1, 0.15) is 32.6 Å². The summed E-state index contributed by atoms with van der Waals surface area (Å²) < 4.78 is 11.5. The fraction of sp³-hybridized carbons (Fsp3) is 0.115. The van der Waals surface area contributed by atoms with Crippen molar-refractivity contribution in [2.45, 2.75) is 20.1 Å². The van der Waals surface area contributed by atoms with Crippen LogP contribution in [0.25, 0.3) is 11.1 Å². The van der Waals surface area contributed by atoms with Gasteiger partial charge in [0.1, 0.15) is 19.3 Å². The van der Waals surface area contributed by atoms with Crippen LogP contribution in [0.4, 0.5) is 0 Å². The third-order valence-corrected chi connectivity index (χ3v) is 5.07. The number of ether oxygens (including phenoxy) is 2. The summed E-state index contributed by atoms with van der Waals surface area (Å²) in [6.45, 7) is 2.41. The predicted octanol–water partition coefficient (Wildman–Crippen LogP) is 4.69. The summed E-state index contributed by atoms with van der Waals surface area (Å²) in [7, 11) is 0. The van der Waals surface area contributed by atoms with Crippen molar-refractivity contribution in [1.82, 2.24) is 15.0 Å². The van der Waals surface area contributed by atoms with Gasteiger partial charge in [-0.25, -0.2) is 4.98 Å². The maximum atomic E-state index is 11.4. The molecule has 7 nitrogen and oxygen atoms in total. The van der Waals surface area contributed by atoms with Crippen molar-refractivity contribution in [3.8, 4) is 29.1 Å². The van der Waals surface area contributed by atoms with Crippen LogP contribution in [0.15, 0.2) is 73.2 Å². The van der Waals surface area contributed by atoms with E-state index in [4.69, 9.17) is 14.7 Å². The molecule has 0 bridgehead atoms. The van der Waals surface area contributed by atoms with Gasteiger partial charge in [0, 0.05) is 24.2 Å². The number of carbonyl (C=O) groups is 1. The first-order valence-electron chi connectivity index (χ1n) is 10.2. The molecular weight excluding hydrogens is 416 g/mol. The molecule has 0 aliphatic carbocycles. The highest BCUT2D eigenvalue weighted by Gasteiger charge is 2.12. The topological polar surface area (TPSA) is 98.0 Å². The number of rotatable bonds is 8. The van der Waals surface area contributed by atoms with Crippen molar-refractivity contribution in [2.75, 3.05) is 0 Å². The Morgan fingerprint density at radius 1 is 1.00 bits per heavy atom. The van der Waals surface area contributed by atoms with Crippen LogP contribution in [0, 0.1) is 18.3 Å². The Balaban J connectivity index is 1.49. The molecule has 33 heavy (non-hydrogen) atoms. The van der Waals surface area contributed by atoms with Gasteiger partial charge in [-0.15, -0.1) is 0 Å². The fourth-order valence-electron chi connectivity index (χ4n) is 3.32. The fourth-order valence-corrected chi connectivity index (χ4v) is 3.32. The molecule has 0 spiro atoms. The van der Waals surface area contributed by atoms with Crippen LogP contribution in [0.3, 0.4) is 0 Å². The number of nitrogens with zero attached hydrogens (tertiary/aromatic N) is 4. The molecule has 2 aromatic carbocycles. The average Bonchev–Trinajstić information content (AvgIpc) is 2.87. The lowest BCUT2D eigenvalue weighted by molar-refractivity contribution is 0.111. The van der Waals surface area contributed by atoms with Gasteiger partial charge in [-0.1, -0.05) is 48.5 Å². The van der Waals surface area contributed by atoms with Crippen LogP contribution in [0.2, 0.25) is 0 Å². The number of hydrogen-bond acceptors (Lipinski definition) is 7. The van der Waals surface area contributed by atoms with Crippen molar-refractivity contribution in [1.29, 1.82) is 5.26 Å². The van der Waals surface area contributed by atoms with Crippen molar-refractivity contribution < 1.29 is 14.3 Å². The van der Waals surface area contributed by atoms with Crippen LogP contribution >= 0.6 is 0 Å². The molecule has 2 heterocycles. The largest absolute Gasteiger partial charge is 0.472 e. The number of carbonyl (C=O) groups excluding carboxylic acids is 1. The smallest absolute Gasteiger partial charge is 0.320 e.